The van der Waals surface area contributed by atoms with Crippen LogP contribution in [0, 0.1) is 0 Å². The van der Waals surface area contributed by atoms with Gasteiger partial charge in [0.05, 0.1) is 12.1 Å². The van der Waals surface area contributed by atoms with Gasteiger partial charge in [-0.25, -0.2) is 0 Å². The Balaban J connectivity index is 2.38. The Kier molecular flexibility index (Phi) is 3.35. The molecule has 0 radical (unpaired) electrons. The van der Waals surface area contributed by atoms with Gasteiger partial charge in [0.1, 0.15) is 0 Å². The van der Waals surface area contributed by atoms with E-state index in [0.29, 0.717) is 5.56 Å². The second-order valence-corrected chi connectivity index (χ2v) is 3.93. The van der Waals surface area contributed by atoms with Crippen molar-refractivity contribution in [3.8, 4) is 0 Å². The Morgan fingerprint density at radius 1 is 1.41 bits per heavy atom. The molecule has 0 saturated carbocycles. The zero-order chi connectivity index (χ0) is 12.3. The van der Waals surface area contributed by atoms with Crippen molar-refractivity contribution in [3.05, 3.63) is 42.1 Å². The summed E-state index contributed by atoms with van der Waals surface area (Å²) in [6.45, 7) is 1.68. The van der Waals surface area contributed by atoms with Gasteiger partial charge in [-0.1, -0.05) is 12.1 Å². The summed E-state index contributed by atoms with van der Waals surface area (Å²) in [6.07, 6.45) is 1.69. The topological polar surface area (TPSA) is 62.2 Å². The van der Waals surface area contributed by atoms with E-state index in [1.165, 1.54) is 0 Å². The van der Waals surface area contributed by atoms with Crippen molar-refractivity contribution in [3.63, 3.8) is 0 Å². The molecule has 2 N–H and O–H groups in total. The van der Waals surface area contributed by atoms with Crippen molar-refractivity contribution in [2.24, 2.45) is 0 Å². The number of aliphatic hydroxyl groups is 1. The quantitative estimate of drug-likeness (QED) is 0.836. The molecule has 1 atom stereocenters. The highest BCUT2D eigenvalue weighted by Gasteiger charge is 2.11. The van der Waals surface area contributed by atoms with Gasteiger partial charge in [-0.3, -0.25) is 9.78 Å². The summed E-state index contributed by atoms with van der Waals surface area (Å²) in [4.78, 5) is 16.2. The molecule has 1 heterocycles. The van der Waals surface area contributed by atoms with Crippen LogP contribution < -0.4 is 5.32 Å². The van der Waals surface area contributed by atoms with Gasteiger partial charge in [-0.05, 0) is 25.1 Å². The molecule has 0 bridgehead atoms. The molecule has 17 heavy (non-hydrogen) atoms. The fourth-order valence-corrected chi connectivity index (χ4v) is 1.65. The molecule has 88 valence electrons. The highest BCUT2D eigenvalue weighted by Crippen LogP contribution is 2.16. The lowest BCUT2D eigenvalue weighted by Crippen LogP contribution is -2.35. The maximum Gasteiger partial charge on any atom is 0.252 e. The van der Waals surface area contributed by atoms with Gasteiger partial charge in [0.25, 0.3) is 5.91 Å². The van der Waals surface area contributed by atoms with Crippen LogP contribution in [0.4, 0.5) is 0 Å². The highest BCUT2D eigenvalue weighted by molar-refractivity contribution is 6.06. The first kappa shape index (κ1) is 11.5. The second-order valence-electron chi connectivity index (χ2n) is 3.93. The molecule has 1 aromatic carbocycles. The fourth-order valence-electron chi connectivity index (χ4n) is 1.65. The molecule has 4 nitrogen and oxygen atoms in total. The summed E-state index contributed by atoms with van der Waals surface area (Å²) in [5, 5.41) is 12.5. The number of aliphatic hydroxyl groups excluding tert-OH is 1. The number of nitrogens with zero attached hydrogens (tertiary/aromatic N) is 1. The second kappa shape index (κ2) is 4.93. The van der Waals surface area contributed by atoms with Gasteiger partial charge in [0.2, 0.25) is 0 Å². The third kappa shape index (κ3) is 2.42. The zero-order valence-electron chi connectivity index (χ0n) is 9.55. The molecule has 1 aromatic heterocycles. The predicted molar refractivity (Wildman–Crippen MR) is 65.8 cm³/mol. The molecule has 0 aliphatic carbocycles. The van der Waals surface area contributed by atoms with E-state index in [2.05, 4.69) is 10.3 Å². The van der Waals surface area contributed by atoms with Crippen LogP contribution >= 0.6 is 0 Å². The van der Waals surface area contributed by atoms with E-state index in [1.54, 1.807) is 31.3 Å². The van der Waals surface area contributed by atoms with Crippen molar-refractivity contribution >= 4 is 16.8 Å². The Hall–Kier alpha value is -1.94. The Bertz CT molecular complexity index is 534. The van der Waals surface area contributed by atoms with E-state index in [1.807, 2.05) is 12.1 Å². The molecule has 2 rings (SSSR count). The van der Waals surface area contributed by atoms with E-state index < -0.39 is 0 Å². The Morgan fingerprint density at radius 3 is 3.00 bits per heavy atom. The van der Waals surface area contributed by atoms with E-state index >= 15 is 0 Å². The standard InChI is InChI=1S/C13H14N2O2/c1-9(8-16)15-13(17)11-4-2-6-12-10(11)5-3-7-14-12/h2-7,9,16H,8H2,1H3,(H,15,17). The monoisotopic (exact) mass is 230 g/mol. The normalized spacial score (nSPS) is 12.4. The third-order valence-corrected chi connectivity index (χ3v) is 2.54. The predicted octanol–water partition coefficient (Wildman–Crippen LogP) is 1.35. The first-order chi connectivity index (χ1) is 8.22. The average Bonchev–Trinajstić information content (AvgIpc) is 2.37. The number of hydrogen-bond acceptors (Lipinski definition) is 3. The molecule has 2 aromatic rings. The molecule has 0 fully saturated rings. The largest absolute Gasteiger partial charge is 0.394 e. The lowest BCUT2D eigenvalue weighted by atomic mass is 10.1. The molecule has 1 amide bonds. The van der Waals surface area contributed by atoms with Gasteiger partial charge < -0.3 is 10.4 Å². The average molecular weight is 230 g/mol. The smallest absolute Gasteiger partial charge is 0.252 e. The minimum Gasteiger partial charge on any atom is -0.394 e. The van der Waals surface area contributed by atoms with Gasteiger partial charge in [-0.2, -0.15) is 0 Å². The van der Waals surface area contributed by atoms with Crippen LogP contribution in [0.1, 0.15) is 17.3 Å². The van der Waals surface area contributed by atoms with Crippen molar-refractivity contribution in [1.29, 1.82) is 0 Å². The minimum absolute atomic E-state index is 0.0746. The summed E-state index contributed by atoms with van der Waals surface area (Å²) >= 11 is 0. The van der Waals surface area contributed by atoms with Crippen molar-refractivity contribution in [1.82, 2.24) is 10.3 Å². The molecule has 0 aliphatic heterocycles. The van der Waals surface area contributed by atoms with E-state index in [9.17, 15) is 4.79 Å². The van der Waals surface area contributed by atoms with Gasteiger partial charge in [-0.15, -0.1) is 0 Å². The molecular formula is C13H14N2O2. The molecule has 0 saturated heterocycles. The lowest BCUT2D eigenvalue weighted by molar-refractivity contribution is 0.0924. The Morgan fingerprint density at radius 2 is 2.24 bits per heavy atom. The lowest BCUT2D eigenvalue weighted by Gasteiger charge is -2.11. The SMILES string of the molecule is CC(CO)NC(=O)c1cccc2ncccc12. The van der Waals surface area contributed by atoms with Gasteiger partial charge in [0.15, 0.2) is 0 Å². The summed E-state index contributed by atoms with van der Waals surface area (Å²) in [5.74, 6) is -0.190. The number of amides is 1. The van der Waals surface area contributed by atoms with Gasteiger partial charge in [0, 0.05) is 23.2 Å². The zero-order valence-corrected chi connectivity index (χ0v) is 9.55. The first-order valence-corrected chi connectivity index (χ1v) is 5.48. The highest BCUT2D eigenvalue weighted by atomic mass is 16.3. The van der Waals surface area contributed by atoms with E-state index in [-0.39, 0.29) is 18.6 Å². The number of rotatable bonds is 3. The molecule has 0 aliphatic rings. The summed E-state index contributed by atoms with van der Waals surface area (Å²) in [7, 11) is 0. The first-order valence-electron chi connectivity index (χ1n) is 5.48. The number of hydrogen-bond donors (Lipinski definition) is 2. The number of aromatic nitrogens is 1. The maximum absolute atomic E-state index is 12.0. The number of nitrogens with one attached hydrogen (secondary N) is 1. The minimum atomic E-state index is -0.255. The van der Waals surface area contributed by atoms with Crippen molar-refractivity contribution in [2.45, 2.75) is 13.0 Å². The number of carbonyl (C=O) groups is 1. The fraction of sp³-hybridized carbons (Fsp3) is 0.231. The number of fused-ring (bicyclic) bond motifs is 1. The third-order valence-electron chi connectivity index (χ3n) is 2.54. The van der Waals surface area contributed by atoms with Crippen LogP contribution in [0.15, 0.2) is 36.5 Å². The Labute approximate surface area is 99.3 Å². The molecule has 0 spiro atoms. The maximum atomic E-state index is 12.0. The number of benzene rings is 1. The van der Waals surface area contributed by atoms with E-state index in [4.69, 9.17) is 5.11 Å². The van der Waals surface area contributed by atoms with Crippen LogP contribution in [-0.4, -0.2) is 28.6 Å². The molecule has 4 heteroatoms. The summed E-state index contributed by atoms with van der Waals surface area (Å²) in [5.41, 5.74) is 1.37. The molecular weight excluding hydrogens is 216 g/mol. The van der Waals surface area contributed by atoms with Crippen LogP contribution in [0.2, 0.25) is 0 Å². The van der Waals surface area contributed by atoms with Crippen LogP contribution in [-0.2, 0) is 0 Å². The van der Waals surface area contributed by atoms with Crippen LogP contribution in [0.3, 0.4) is 0 Å². The van der Waals surface area contributed by atoms with Crippen LogP contribution in [0.25, 0.3) is 10.9 Å². The van der Waals surface area contributed by atoms with Gasteiger partial charge >= 0.3 is 0 Å². The summed E-state index contributed by atoms with van der Waals surface area (Å²) in [6, 6.07) is 8.82. The van der Waals surface area contributed by atoms with Crippen molar-refractivity contribution in [2.75, 3.05) is 6.61 Å². The van der Waals surface area contributed by atoms with Crippen LogP contribution in [0.5, 0.6) is 0 Å². The summed E-state index contributed by atoms with van der Waals surface area (Å²) < 4.78 is 0. The number of pyridine rings is 1. The van der Waals surface area contributed by atoms with Crippen molar-refractivity contribution < 1.29 is 9.90 Å². The van der Waals surface area contributed by atoms with E-state index in [0.717, 1.165) is 10.9 Å². The number of carbonyl (C=O) groups excluding carboxylic acids is 1. The molecule has 1 unspecified atom stereocenters.